The average Bonchev–Trinajstić information content (AvgIpc) is 2.76. The van der Waals surface area contributed by atoms with Crippen LogP contribution < -0.4 is 0 Å². The fourth-order valence-corrected chi connectivity index (χ4v) is 4.38. The lowest BCUT2D eigenvalue weighted by Crippen LogP contribution is -2.33. The molecule has 1 aliphatic rings. The molecule has 0 aromatic carbocycles. The van der Waals surface area contributed by atoms with E-state index in [9.17, 15) is 0 Å². The van der Waals surface area contributed by atoms with Gasteiger partial charge in [0.15, 0.2) is 5.79 Å². The number of rotatable bonds is 13. The van der Waals surface area contributed by atoms with Crippen molar-refractivity contribution >= 4 is 0 Å². The van der Waals surface area contributed by atoms with Crippen molar-refractivity contribution in [3.8, 4) is 0 Å². The molecule has 0 bridgehead atoms. The van der Waals surface area contributed by atoms with Crippen molar-refractivity contribution in [2.24, 2.45) is 0 Å². The summed E-state index contributed by atoms with van der Waals surface area (Å²) < 4.78 is 16.2. The molecule has 1 fully saturated rings. The molecule has 0 aromatic heterocycles. The Morgan fingerprint density at radius 3 is 1.23 bits per heavy atom. The summed E-state index contributed by atoms with van der Waals surface area (Å²) in [7, 11) is 5.36. The first-order valence-corrected chi connectivity index (χ1v) is 13.3. The van der Waals surface area contributed by atoms with Crippen LogP contribution in [0.15, 0.2) is 0 Å². The van der Waals surface area contributed by atoms with Crippen LogP contribution in [0, 0.1) is 0 Å². The van der Waals surface area contributed by atoms with E-state index in [1.54, 1.807) is 21.3 Å². The molecule has 0 aromatic rings. The SMILES string of the molecule is CCCCCCCCCCCCOC.COC1(OC)CCCCCCCCCCC1. The van der Waals surface area contributed by atoms with Crippen LogP contribution >= 0.6 is 0 Å². The predicted molar refractivity (Wildman–Crippen MR) is 131 cm³/mol. The second kappa shape index (κ2) is 23.5. The van der Waals surface area contributed by atoms with E-state index in [1.807, 2.05) is 0 Å². The summed E-state index contributed by atoms with van der Waals surface area (Å²) in [6.45, 7) is 3.21. The maximum Gasteiger partial charge on any atom is 0.167 e. The van der Waals surface area contributed by atoms with Crippen molar-refractivity contribution in [1.29, 1.82) is 0 Å². The van der Waals surface area contributed by atoms with Gasteiger partial charge in [0.1, 0.15) is 0 Å². The fourth-order valence-electron chi connectivity index (χ4n) is 4.38. The zero-order chi connectivity index (χ0) is 22.2. The third kappa shape index (κ3) is 18.6. The first-order chi connectivity index (χ1) is 14.7. The van der Waals surface area contributed by atoms with E-state index < -0.39 is 0 Å². The highest BCUT2D eigenvalue weighted by Crippen LogP contribution is 2.28. The minimum atomic E-state index is -0.292. The van der Waals surface area contributed by atoms with Crippen LogP contribution in [0.4, 0.5) is 0 Å². The lowest BCUT2D eigenvalue weighted by atomic mass is 9.97. The molecular weight excluding hydrogens is 372 g/mol. The van der Waals surface area contributed by atoms with E-state index in [0.29, 0.717) is 0 Å². The number of ether oxygens (including phenoxy) is 3. The maximum atomic E-state index is 5.61. The summed E-state index contributed by atoms with van der Waals surface area (Å²) in [5, 5.41) is 0. The number of hydrogen-bond donors (Lipinski definition) is 0. The lowest BCUT2D eigenvalue weighted by Gasteiger charge is -2.31. The molecule has 0 atom stereocenters. The Morgan fingerprint density at radius 1 is 0.500 bits per heavy atom. The molecule has 0 N–H and O–H groups in total. The summed E-state index contributed by atoms with van der Waals surface area (Å²) in [6, 6.07) is 0. The van der Waals surface area contributed by atoms with Crippen LogP contribution in [-0.2, 0) is 14.2 Å². The highest BCUT2D eigenvalue weighted by atomic mass is 16.7. The first-order valence-electron chi connectivity index (χ1n) is 13.3. The minimum Gasteiger partial charge on any atom is -0.385 e. The molecule has 0 amide bonds. The summed E-state index contributed by atoms with van der Waals surface area (Å²) in [5.41, 5.74) is 0. The summed E-state index contributed by atoms with van der Waals surface area (Å²) in [5.74, 6) is -0.292. The fraction of sp³-hybridized carbons (Fsp3) is 1.00. The Bertz CT molecular complexity index is 289. The second-order valence-electron chi connectivity index (χ2n) is 9.18. The van der Waals surface area contributed by atoms with Crippen molar-refractivity contribution < 1.29 is 14.2 Å². The standard InChI is InChI=1S/C14H28O2.C13H28O/c1-15-14(16-2)12-10-8-6-4-3-5-7-9-11-13-14;1-3-4-5-6-7-8-9-10-11-12-13-14-2/h3-13H2,1-2H3;3-13H2,1-2H3. The third-order valence-corrected chi connectivity index (χ3v) is 6.56. The molecule has 1 aliphatic carbocycles. The van der Waals surface area contributed by atoms with Gasteiger partial charge in [-0.3, -0.25) is 0 Å². The average molecular weight is 429 g/mol. The van der Waals surface area contributed by atoms with Gasteiger partial charge in [0.25, 0.3) is 0 Å². The van der Waals surface area contributed by atoms with Crippen LogP contribution in [0.5, 0.6) is 0 Å². The molecule has 1 rings (SSSR count). The Hall–Kier alpha value is -0.120. The van der Waals surface area contributed by atoms with Gasteiger partial charge in [0.2, 0.25) is 0 Å². The normalized spacial score (nSPS) is 18.0. The Morgan fingerprint density at radius 2 is 0.867 bits per heavy atom. The Kier molecular flexibility index (Phi) is 23.4. The Labute approximate surface area is 190 Å². The number of hydrogen-bond acceptors (Lipinski definition) is 3. The quantitative estimate of drug-likeness (QED) is 0.216. The zero-order valence-corrected chi connectivity index (χ0v) is 21.3. The molecular formula is C27H56O3. The molecule has 1 saturated carbocycles. The van der Waals surface area contributed by atoms with Gasteiger partial charge in [0.05, 0.1) is 0 Å². The van der Waals surface area contributed by atoms with Crippen molar-refractivity contribution in [3.05, 3.63) is 0 Å². The van der Waals surface area contributed by atoms with Gasteiger partial charge in [-0.1, -0.05) is 110 Å². The van der Waals surface area contributed by atoms with Gasteiger partial charge in [-0.25, -0.2) is 0 Å². The van der Waals surface area contributed by atoms with Crippen LogP contribution in [0.25, 0.3) is 0 Å². The van der Waals surface area contributed by atoms with Crippen molar-refractivity contribution in [1.82, 2.24) is 0 Å². The molecule has 0 unspecified atom stereocenters. The Balaban J connectivity index is 0.000000567. The smallest absolute Gasteiger partial charge is 0.167 e. The number of methoxy groups -OCH3 is 3. The van der Waals surface area contributed by atoms with Gasteiger partial charge in [-0.2, -0.15) is 0 Å². The highest BCUT2D eigenvalue weighted by Gasteiger charge is 2.28. The van der Waals surface area contributed by atoms with E-state index in [4.69, 9.17) is 14.2 Å². The van der Waals surface area contributed by atoms with E-state index in [0.717, 1.165) is 19.4 Å². The summed E-state index contributed by atoms with van der Waals surface area (Å²) in [4.78, 5) is 0. The van der Waals surface area contributed by atoms with Crippen LogP contribution in [0.3, 0.4) is 0 Å². The van der Waals surface area contributed by atoms with Crippen LogP contribution in [0.2, 0.25) is 0 Å². The molecule has 0 spiro atoms. The molecule has 30 heavy (non-hydrogen) atoms. The van der Waals surface area contributed by atoms with Crippen molar-refractivity contribution in [2.75, 3.05) is 27.9 Å². The van der Waals surface area contributed by atoms with Gasteiger partial charge in [-0.15, -0.1) is 0 Å². The summed E-state index contributed by atoms with van der Waals surface area (Å²) >= 11 is 0. The van der Waals surface area contributed by atoms with E-state index >= 15 is 0 Å². The second-order valence-corrected chi connectivity index (χ2v) is 9.18. The predicted octanol–water partition coefficient (Wildman–Crippen LogP) is 8.83. The van der Waals surface area contributed by atoms with Crippen molar-refractivity contribution in [3.63, 3.8) is 0 Å². The first kappa shape index (κ1) is 29.9. The molecule has 182 valence electrons. The maximum absolute atomic E-state index is 5.61. The summed E-state index contributed by atoms with van der Waals surface area (Å²) in [6.07, 6.45) is 28.2. The van der Waals surface area contributed by atoms with E-state index in [1.165, 1.54) is 122 Å². The number of unbranched alkanes of at least 4 members (excludes halogenated alkanes) is 9. The largest absolute Gasteiger partial charge is 0.385 e. The molecule has 0 saturated heterocycles. The molecule has 3 heteroatoms. The van der Waals surface area contributed by atoms with Gasteiger partial charge >= 0.3 is 0 Å². The zero-order valence-electron chi connectivity index (χ0n) is 21.3. The van der Waals surface area contributed by atoms with Crippen LogP contribution in [-0.4, -0.2) is 33.7 Å². The minimum absolute atomic E-state index is 0.292. The van der Waals surface area contributed by atoms with Crippen molar-refractivity contribution in [2.45, 2.75) is 148 Å². The third-order valence-electron chi connectivity index (χ3n) is 6.56. The van der Waals surface area contributed by atoms with E-state index in [2.05, 4.69) is 6.92 Å². The molecule has 0 aliphatic heterocycles. The monoisotopic (exact) mass is 428 g/mol. The molecule has 0 heterocycles. The van der Waals surface area contributed by atoms with Gasteiger partial charge in [-0.05, 0) is 19.3 Å². The highest BCUT2D eigenvalue weighted by molar-refractivity contribution is 4.70. The van der Waals surface area contributed by atoms with Gasteiger partial charge < -0.3 is 14.2 Å². The van der Waals surface area contributed by atoms with Crippen LogP contribution in [0.1, 0.15) is 142 Å². The van der Waals surface area contributed by atoms with Gasteiger partial charge in [0, 0.05) is 40.8 Å². The lowest BCUT2D eigenvalue weighted by molar-refractivity contribution is -0.216. The molecule has 3 nitrogen and oxygen atoms in total. The van der Waals surface area contributed by atoms with E-state index in [-0.39, 0.29) is 5.79 Å². The molecule has 0 radical (unpaired) electrons. The topological polar surface area (TPSA) is 27.7 Å².